The van der Waals surface area contributed by atoms with Crippen LogP contribution in [0.3, 0.4) is 0 Å². The topological polar surface area (TPSA) is 79.3 Å². The molecule has 0 aromatic carbocycles. The van der Waals surface area contributed by atoms with Gasteiger partial charge in [-0.3, -0.25) is 15.1 Å². The van der Waals surface area contributed by atoms with Crippen LogP contribution >= 0.6 is 22.7 Å². The number of amides is 1. The number of nitrogens with zero attached hydrogens (tertiary/aromatic N) is 3. The number of thiazole rings is 2. The van der Waals surface area contributed by atoms with Crippen molar-refractivity contribution in [2.45, 2.75) is 19.4 Å². The molecule has 0 bridgehead atoms. The van der Waals surface area contributed by atoms with Crippen LogP contribution in [0.1, 0.15) is 21.2 Å². The maximum Gasteiger partial charge on any atom is 0.279 e. The average Bonchev–Trinajstić information content (AvgIpc) is 3.20. The molecule has 1 amide bonds. The van der Waals surface area contributed by atoms with Gasteiger partial charge in [0.05, 0.1) is 17.2 Å². The number of allylic oxidation sites excluding steroid dienone is 1. The van der Waals surface area contributed by atoms with Crippen molar-refractivity contribution in [3.05, 3.63) is 33.4 Å². The molecule has 1 atom stereocenters. The van der Waals surface area contributed by atoms with Crippen LogP contribution in [0.25, 0.3) is 0 Å². The molecule has 2 aromatic rings. The minimum absolute atomic E-state index is 0.108. The summed E-state index contributed by atoms with van der Waals surface area (Å²) in [5.41, 5.74) is 0.0605. The molecule has 6 nitrogen and oxygen atoms in total. The third-order valence-corrected chi connectivity index (χ3v) is 5.40. The highest BCUT2D eigenvalue weighted by Gasteiger charge is 2.33. The Morgan fingerprint density at radius 1 is 1.35 bits per heavy atom. The van der Waals surface area contributed by atoms with E-state index in [1.165, 1.54) is 35.0 Å². The predicted octanol–water partition coefficient (Wildman–Crippen LogP) is 3.57. The van der Waals surface area contributed by atoms with Gasteiger partial charge in [-0.05, 0) is 25.5 Å². The quantitative estimate of drug-likeness (QED) is 0.781. The zero-order valence-electron chi connectivity index (χ0n) is 14.2. The fourth-order valence-electron chi connectivity index (χ4n) is 2.49. The van der Waals surface area contributed by atoms with Crippen LogP contribution in [-0.4, -0.2) is 47.5 Å². The van der Waals surface area contributed by atoms with Gasteiger partial charge >= 0.3 is 0 Å². The monoisotopic (exact) mass is 397 g/mol. The maximum atomic E-state index is 13.8. The summed E-state index contributed by atoms with van der Waals surface area (Å²) in [4.78, 5) is 25.1. The number of carbonyl (C=O) groups excluding carboxylic acids is 1. The van der Waals surface area contributed by atoms with Gasteiger partial charge in [-0.25, -0.2) is 18.7 Å². The summed E-state index contributed by atoms with van der Waals surface area (Å²) < 4.78 is 26.8. The lowest BCUT2D eigenvalue weighted by Gasteiger charge is -2.30. The number of hydrogen-bond acceptors (Lipinski definition) is 7. The van der Waals surface area contributed by atoms with E-state index in [9.17, 15) is 13.6 Å². The first-order valence-electron chi connectivity index (χ1n) is 7.77. The minimum Gasteiger partial charge on any atom is -0.362 e. The van der Waals surface area contributed by atoms with Gasteiger partial charge in [0.2, 0.25) is 0 Å². The average molecular weight is 397 g/mol. The molecule has 0 aliphatic carbocycles. The Balaban J connectivity index is 1.86. The van der Waals surface area contributed by atoms with Crippen molar-refractivity contribution in [2.75, 3.05) is 30.5 Å². The van der Waals surface area contributed by atoms with Crippen molar-refractivity contribution >= 4 is 44.9 Å². The summed E-state index contributed by atoms with van der Waals surface area (Å²) in [7, 11) is 0. The maximum absolute atomic E-state index is 13.8. The van der Waals surface area contributed by atoms with E-state index in [-0.39, 0.29) is 12.2 Å². The van der Waals surface area contributed by atoms with Crippen LogP contribution in [0.4, 0.5) is 18.9 Å². The molecular weight excluding hydrogens is 380 g/mol. The standard InChI is InChI=1S/C16H17F2N5OS2/c1-9-6-25-15(20-9)22-13(24)12-14(26-10(2)21-12)23-16(7-18)3-11(4-17)5-19-8-16/h3,5-6,23H,4,7-8H2,1-2H3,(H,20,22,24). The lowest BCUT2D eigenvalue weighted by Crippen LogP contribution is -2.44. The van der Waals surface area contributed by atoms with Crippen molar-refractivity contribution in [1.82, 2.24) is 9.97 Å². The van der Waals surface area contributed by atoms with Gasteiger partial charge in [0.1, 0.15) is 23.9 Å². The second kappa shape index (κ2) is 7.58. The van der Waals surface area contributed by atoms with Crippen molar-refractivity contribution in [3.8, 4) is 0 Å². The molecule has 2 N–H and O–H groups in total. The first kappa shape index (κ1) is 18.6. The fourth-order valence-corrected chi connectivity index (χ4v) is 4.09. The van der Waals surface area contributed by atoms with Crippen molar-refractivity contribution in [3.63, 3.8) is 0 Å². The predicted molar refractivity (Wildman–Crippen MR) is 101 cm³/mol. The smallest absolute Gasteiger partial charge is 0.279 e. The summed E-state index contributed by atoms with van der Waals surface area (Å²) in [5, 5.41) is 9.06. The zero-order valence-corrected chi connectivity index (χ0v) is 15.8. The van der Waals surface area contributed by atoms with E-state index >= 15 is 0 Å². The second-order valence-corrected chi connectivity index (χ2v) is 7.96. The Kier molecular flexibility index (Phi) is 5.42. The minimum atomic E-state index is -1.19. The van der Waals surface area contributed by atoms with Crippen LogP contribution in [0.5, 0.6) is 0 Å². The Morgan fingerprint density at radius 3 is 2.81 bits per heavy atom. The number of alkyl halides is 2. The van der Waals surface area contributed by atoms with Gasteiger partial charge in [-0.2, -0.15) is 0 Å². The van der Waals surface area contributed by atoms with Gasteiger partial charge < -0.3 is 5.32 Å². The van der Waals surface area contributed by atoms with Crippen LogP contribution < -0.4 is 10.6 Å². The molecule has 138 valence electrons. The Labute approximate surface area is 157 Å². The van der Waals surface area contributed by atoms with Crippen LogP contribution in [0, 0.1) is 13.8 Å². The van der Waals surface area contributed by atoms with E-state index in [0.29, 0.717) is 20.7 Å². The first-order valence-corrected chi connectivity index (χ1v) is 9.47. The number of carbonyl (C=O) groups is 1. The van der Waals surface area contributed by atoms with Crippen molar-refractivity contribution in [1.29, 1.82) is 0 Å². The van der Waals surface area contributed by atoms with E-state index in [2.05, 4.69) is 25.6 Å². The number of aryl methyl sites for hydroxylation is 2. The summed E-state index contributed by atoms with van der Waals surface area (Å²) in [6, 6.07) is 0. The lowest BCUT2D eigenvalue weighted by molar-refractivity contribution is 0.102. The number of halogens is 2. The summed E-state index contributed by atoms with van der Waals surface area (Å²) in [6.07, 6.45) is 2.88. The van der Waals surface area contributed by atoms with Gasteiger partial charge in [0.15, 0.2) is 10.8 Å². The number of rotatable bonds is 6. The molecule has 26 heavy (non-hydrogen) atoms. The highest BCUT2D eigenvalue weighted by atomic mass is 32.1. The van der Waals surface area contributed by atoms with E-state index in [1.54, 1.807) is 6.92 Å². The molecule has 3 heterocycles. The molecule has 0 fully saturated rings. The van der Waals surface area contributed by atoms with E-state index in [4.69, 9.17) is 0 Å². The van der Waals surface area contributed by atoms with E-state index < -0.39 is 24.8 Å². The fraction of sp³-hybridized carbons (Fsp3) is 0.375. The zero-order chi connectivity index (χ0) is 18.7. The molecular formula is C16H17F2N5OS2. The molecule has 0 spiro atoms. The number of aromatic nitrogens is 2. The van der Waals surface area contributed by atoms with Gasteiger partial charge in [-0.1, -0.05) is 0 Å². The Bertz CT molecular complexity index is 876. The van der Waals surface area contributed by atoms with E-state index in [1.807, 2.05) is 12.3 Å². The summed E-state index contributed by atoms with van der Waals surface area (Å²) in [6.45, 7) is 2.17. The number of anilines is 2. The highest BCUT2D eigenvalue weighted by molar-refractivity contribution is 7.16. The van der Waals surface area contributed by atoms with Crippen LogP contribution in [0.2, 0.25) is 0 Å². The number of nitrogens with one attached hydrogen (secondary N) is 2. The molecule has 0 radical (unpaired) electrons. The molecule has 3 rings (SSSR count). The van der Waals surface area contributed by atoms with Gasteiger partial charge in [-0.15, -0.1) is 22.7 Å². The van der Waals surface area contributed by atoms with Crippen molar-refractivity contribution < 1.29 is 13.6 Å². The molecule has 0 saturated carbocycles. The lowest BCUT2D eigenvalue weighted by atomic mass is 9.96. The van der Waals surface area contributed by atoms with Crippen LogP contribution in [-0.2, 0) is 0 Å². The molecule has 0 saturated heterocycles. The number of aliphatic imine (C=N–C) groups is 1. The Morgan fingerprint density at radius 2 is 2.15 bits per heavy atom. The summed E-state index contributed by atoms with van der Waals surface area (Å²) >= 11 is 2.54. The molecule has 1 aliphatic heterocycles. The highest BCUT2D eigenvalue weighted by Crippen LogP contribution is 2.31. The SMILES string of the molecule is Cc1csc(NC(=O)c2nc(C)sc2NC2(CF)C=C(CF)C=NC2)n1. The summed E-state index contributed by atoms with van der Waals surface area (Å²) in [5.74, 6) is -0.436. The van der Waals surface area contributed by atoms with E-state index in [0.717, 1.165) is 5.69 Å². The van der Waals surface area contributed by atoms with Crippen LogP contribution in [0.15, 0.2) is 22.0 Å². The molecule has 10 heteroatoms. The first-order chi connectivity index (χ1) is 12.4. The molecule has 2 aromatic heterocycles. The third kappa shape index (κ3) is 3.96. The largest absolute Gasteiger partial charge is 0.362 e. The second-order valence-electron chi connectivity index (χ2n) is 5.90. The molecule has 1 unspecified atom stereocenters. The van der Waals surface area contributed by atoms with Gasteiger partial charge in [0.25, 0.3) is 5.91 Å². The van der Waals surface area contributed by atoms with Gasteiger partial charge in [0, 0.05) is 11.6 Å². The number of dihydropyridines is 1. The van der Waals surface area contributed by atoms with Crippen molar-refractivity contribution in [2.24, 2.45) is 4.99 Å². The number of hydrogen-bond donors (Lipinski definition) is 2. The normalized spacial score (nSPS) is 19.3. The Hall–Kier alpha value is -2.20. The molecule has 1 aliphatic rings. The third-order valence-electron chi connectivity index (χ3n) is 3.64.